The van der Waals surface area contributed by atoms with Crippen molar-refractivity contribution in [1.29, 1.82) is 0 Å². The third kappa shape index (κ3) is 5.07. The van der Waals surface area contributed by atoms with Crippen LogP contribution in [-0.2, 0) is 0 Å². The molecule has 3 rings (SSSR count). The normalized spacial score (nSPS) is 11.0. The molecule has 6 nitrogen and oxygen atoms in total. The highest BCUT2D eigenvalue weighted by Gasteiger charge is 2.10. The molecule has 0 unspecified atom stereocenters. The highest BCUT2D eigenvalue weighted by atomic mass is 16.3. The Morgan fingerprint density at radius 1 is 0.828 bits per heavy atom. The third-order valence-corrected chi connectivity index (χ3v) is 4.35. The number of aromatic hydroxyl groups is 1. The molecule has 0 aromatic heterocycles. The van der Waals surface area contributed by atoms with Crippen LogP contribution in [0.5, 0.6) is 5.75 Å². The molecule has 0 heterocycles. The molecule has 146 valence electrons. The summed E-state index contributed by atoms with van der Waals surface area (Å²) in [4.78, 5) is 24.4. The molecule has 3 N–H and O–H groups in total. The van der Waals surface area contributed by atoms with Crippen molar-refractivity contribution >= 4 is 23.2 Å². The number of aryl methyl sites for hydroxylation is 1. The number of carbonyl (C=O) groups is 2. The Bertz CT molecular complexity index is 1060. The maximum atomic E-state index is 12.3. The first kappa shape index (κ1) is 19.8. The number of hydrogen-bond acceptors (Lipinski definition) is 4. The van der Waals surface area contributed by atoms with Gasteiger partial charge in [-0.3, -0.25) is 9.59 Å². The number of phenolic OH excluding ortho intramolecular Hbond substituents is 1. The smallest absolute Gasteiger partial charge is 0.275 e. The van der Waals surface area contributed by atoms with E-state index in [1.807, 2.05) is 19.1 Å². The van der Waals surface area contributed by atoms with Gasteiger partial charge in [0.1, 0.15) is 5.75 Å². The SMILES string of the molecule is C/C(=N\NC(=O)c1ccccc1O)c1ccc(NC(=O)c2ccc(C)cc2)cc1. The van der Waals surface area contributed by atoms with Crippen LogP contribution in [0.4, 0.5) is 5.69 Å². The summed E-state index contributed by atoms with van der Waals surface area (Å²) >= 11 is 0. The van der Waals surface area contributed by atoms with Gasteiger partial charge >= 0.3 is 0 Å². The van der Waals surface area contributed by atoms with Crippen molar-refractivity contribution < 1.29 is 14.7 Å². The van der Waals surface area contributed by atoms with Gasteiger partial charge in [0.25, 0.3) is 11.8 Å². The quantitative estimate of drug-likeness (QED) is 0.455. The fraction of sp³-hybridized carbons (Fsp3) is 0.0870. The Morgan fingerprint density at radius 3 is 2.10 bits per heavy atom. The number of nitrogens with one attached hydrogen (secondary N) is 2. The van der Waals surface area contributed by atoms with Crippen molar-refractivity contribution in [3.05, 3.63) is 95.1 Å². The number of hydrogen-bond donors (Lipinski definition) is 3. The summed E-state index contributed by atoms with van der Waals surface area (Å²) < 4.78 is 0. The second kappa shape index (κ2) is 8.84. The highest BCUT2D eigenvalue weighted by Crippen LogP contribution is 2.15. The molecular weight excluding hydrogens is 366 g/mol. The molecule has 0 aliphatic carbocycles. The summed E-state index contributed by atoms with van der Waals surface area (Å²) in [6.45, 7) is 3.72. The number of phenols is 1. The molecule has 0 spiro atoms. The van der Waals surface area contributed by atoms with E-state index in [-0.39, 0.29) is 17.2 Å². The molecule has 6 heteroatoms. The van der Waals surface area contributed by atoms with Crippen molar-refractivity contribution in [2.24, 2.45) is 5.10 Å². The van der Waals surface area contributed by atoms with Crippen LogP contribution in [0.3, 0.4) is 0 Å². The molecule has 0 fully saturated rings. The average Bonchev–Trinajstić information content (AvgIpc) is 2.73. The van der Waals surface area contributed by atoms with Gasteiger partial charge < -0.3 is 10.4 Å². The second-order valence-electron chi connectivity index (χ2n) is 6.55. The van der Waals surface area contributed by atoms with E-state index in [1.54, 1.807) is 55.5 Å². The lowest BCUT2D eigenvalue weighted by molar-refractivity contribution is 0.0951. The zero-order chi connectivity index (χ0) is 20.8. The van der Waals surface area contributed by atoms with Gasteiger partial charge in [-0.25, -0.2) is 5.43 Å². The van der Waals surface area contributed by atoms with E-state index in [2.05, 4.69) is 15.8 Å². The van der Waals surface area contributed by atoms with Crippen LogP contribution in [-0.4, -0.2) is 22.6 Å². The van der Waals surface area contributed by atoms with Crippen molar-refractivity contribution in [3.63, 3.8) is 0 Å². The number of nitrogens with zero attached hydrogens (tertiary/aromatic N) is 1. The maximum Gasteiger partial charge on any atom is 0.275 e. The van der Waals surface area contributed by atoms with Gasteiger partial charge in [0.05, 0.1) is 11.3 Å². The predicted molar refractivity (Wildman–Crippen MR) is 113 cm³/mol. The number of hydrazone groups is 1. The lowest BCUT2D eigenvalue weighted by Crippen LogP contribution is -2.19. The largest absolute Gasteiger partial charge is 0.507 e. The first-order valence-electron chi connectivity index (χ1n) is 9.05. The van der Waals surface area contributed by atoms with Crippen molar-refractivity contribution in [1.82, 2.24) is 5.43 Å². The lowest BCUT2D eigenvalue weighted by Gasteiger charge is -2.08. The minimum atomic E-state index is -0.496. The predicted octanol–water partition coefficient (Wildman–Crippen LogP) is 4.11. The van der Waals surface area contributed by atoms with Crippen LogP contribution in [0, 0.1) is 6.92 Å². The number of anilines is 1. The van der Waals surface area contributed by atoms with Crippen LogP contribution >= 0.6 is 0 Å². The zero-order valence-electron chi connectivity index (χ0n) is 16.1. The van der Waals surface area contributed by atoms with Gasteiger partial charge in [-0.15, -0.1) is 0 Å². The van der Waals surface area contributed by atoms with E-state index in [9.17, 15) is 14.7 Å². The average molecular weight is 387 g/mol. The lowest BCUT2D eigenvalue weighted by atomic mass is 10.1. The summed E-state index contributed by atoms with van der Waals surface area (Å²) in [5.41, 5.74) is 6.30. The number of rotatable bonds is 5. The highest BCUT2D eigenvalue weighted by molar-refractivity contribution is 6.05. The summed E-state index contributed by atoms with van der Waals surface area (Å²) in [6, 6.07) is 20.7. The summed E-state index contributed by atoms with van der Waals surface area (Å²) in [5, 5.41) is 16.6. The topological polar surface area (TPSA) is 90.8 Å². The molecule has 0 bridgehead atoms. The summed E-state index contributed by atoms with van der Waals surface area (Å²) in [6.07, 6.45) is 0. The van der Waals surface area contributed by atoms with Crippen LogP contribution in [0.15, 0.2) is 77.9 Å². The Kier molecular flexibility index (Phi) is 6.04. The van der Waals surface area contributed by atoms with Gasteiger partial charge in [-0.2, -0.15) is 5.10 Å². The van der Waals surface area contributed by atoms with E-state index in [0.717, 1.165) is 11.1 Å². The van der Waals surface area contributed by atoms with E-state index in [0.29, 0.717) is 17.0 Å². The van der Waals surface area contributed by atoms with E-state index in [1.165, 1.54) is 12.1 Å². The van der Waals surface area contributed by atoms with E-state index in [4.69, 9.17) is 0 Å². The van der Waals surface area contributed by atoms with Crippen LogP contribution in [0.2, 0.25) is 0 Å². The molecular formula is C23H21N3O3. The Hall–Kier alpha value is -3.93. The molecule has 3 aromatic carbocycles. The van der Waals surface area contributed by atoms with Gasteiger partial charge in [0.15, 0.2) is 0 Å². The van der Waals surface area contributed by atoms with E-state index < -0.39 is 5.91 Å². The Labute approximate surface area is 168 Å². The number of amides is 2. The molecule has 0 aliphatic rings. The molecule has 3 aromatic rings. The first-order chi connectivity index (χ1) is 13.9. The first-order valence-corrected chi connectivity index (χ1v) is 9.05. The molecule has 0 radical (unpaired) electrons. The van der Waals surface area contributed by atoms with Crippen molar-refractivity contribution in [3.8, 4) is 5.75 Å². The summed E-state index contributed by atoms with van der Waals surface area (Å²) in [5.74, 6) is -0.783. The molecule has 0 saturated carbocycles. The molecule has 2 amide bonds. The number of benzene rings is 3. The van der Waals surface area contributed by atoms with Crippen LogP contribution < -0.4 is 10.7 Å². The van der Waals surface area contributed by atoms with Crippen LogP contribution in [0.25, 0.3) is 0 Å². The molecule has 0 aliphatic heterocycles. The Balaban J connectivity index is 1.63. The molecule has 0 atom stereocenters. The third-order valence-electron chi connectivity index (χ3n) is 4.35. The Morgan fingerprint density at radius 2 is 1.45 bits per heavy atom. The molecule has 29 heavy (non-hydrogen) atoms. The second-order valence-corrected chi connectivity index (χ2v) is 6.55. The van der Waals surface area contributed by atoms with Crippen molar-refractivity contribution in [2.45, 2.75) is 13.8 Å². The van der Waals surface area contributed by atoms with E-state index >= 15 is 0 Å². The van der Waals surface area contributed by atoms with Crippen LogP contribution in [0.1, 0.15) is 38.8 Å². The minimum Gasteiger partial charge on any atom is -0.507 e. The van der Waals surface area contributed by atoms with Gasteiger partial charge in [-0.1, -0.05) is 42.0 Å². The molecule has 0 saturated heterocycles. The van der Waals surface area contributed by atoms with Gasteiger partial charge in [0.2, 0.25) is 0 Å². The van der Waals surface area contributed by atoms with Gasteiger partial charge in [-0.05, 0) is 55.8 Å². The minimum absolute atomic E-state index is 0.105. The monoisotopic (exact) mass is 387 g/mol. The fourth-order valence-electron chi connectivity index (χ4n) is 2.63. The fourth-order valence-corrected chi connectivity index (χ4v) is 2.63. The summed E-state index contributed by atoms with van der Waals surface area (Å²) in [7, 11) is 0. The standard InChI is InChI=1S/C23H21N3O3/c1-15-7-9-18(10-8-15)22(28)24-19-13-11-17(12-14-19)16(2)25-26-23(29)20-5-3-4-6-21(20)27/h3-14,27H,1-2H3,(H,24,28)(H,26,29)/b25-16+. The zero-order valence-corrected chi connectivity index (χ0v) is 16.1. The number of carbonyl (C=O) groups excluding carboxylic acids is 2. The number of para-hydroxylation sites is 1. The maximum absolute atomic E-state index is 12.3. The van der Waals surface area contributed by atoms with Crippen molar-refractivity contribution in [2.75, 3.05) is 5.32 Å². The van der Waals surface area contributed by atoms with Gasteiger partial charge in [0, 0.05) is 11.3 Å².